The first kappa shape index (κ1) is 12.9. The van der Waals surface area contributed by atoms with Crippen LogP contribution in [0.1, 0.15) is 33.6 Å². The van der Waals surface area contributed by atoms with E-state index >= 15 is 0 Å². The smallest absolute Gasteiger partial charge is 0.222 e. The molecule has 3 heteroatoms. The lowest BCUT2D eigenvalue weighted by atomic mass is 10.1. The fraction of sp³-hybridized carbons (Fsp3) is 0.900. The molecule has 0 saturated heterocycles. The van der Waals surface area contributed by atoms with Crippen molar-refractivity contribution >= 4 is 21.8 Å². The fourth-order valence-corrected chi connectivity index (χ4v) is 1.52. The van der Waals surface area contributed by atoms with Crippen LogP contribution in [0.15, 0.2) is 0 Å². The second kappa shape index (κ2) is 6.41. The maximum absolute atomic E-state index is 11.5. The quantitative estimate of drug-likeness (QED) is 0.687. The lowest BCUT2D eigenvalue weighted by molar-refractivity contribution is -0.130. The Labute approximate surface area is 89.8 Å². The molecule has 0 bridgehead atoms. The van der Waals surface area contributed by atoms with Crippen LogP contribution in [0.4, 0.5) is 0 Å². The van der Waals surface area contributed by atoms with E-state index in [9.17, 15) is 4.79 Å². The van der Waals surface area contributed by atoms with Crippen LogP contribution in [0.25, 0.3) is 0 Å². The van der Waals surface area contributed by atoms with Gasteiger partial charge in [0.05, 0.1) is 0 Å². The minimum atomic E-state index is 0.250. The summed E-state index contributed by atoms with van der Waals surface area (Å²) in [6.07, 6.45) is 1.66. The van der Waals surface area contributed by atoms with Crippen LogP contribution in [0.2, 0.25) is 0 Å². The van der Waals surface area contributed by atoms with E-state index in [1.807, 2.05) is 14.0 Å². The molecular weight excluding hydrogens is 230 g/mol. The largest absolute Gasteiger partial charge is 0.345 e. The molecule has 1 atom stereocenters. The summed E-state index contributed by atoms with van der Waals surface area (Å²) in [5, 5.41) is 0. The van der Waals surface area contributed by atoms with Gasteiger partial charge in [-0.25, -0.2) is 0 Å². The van der Waals surface area contributed by atoms with Crippen molar-refractivity contribution in [1.82, 2.24) is 4.90 Å². The molecule has 78 valence electrons. The second-order valence-electron chi connectivity index (χ2n) is 3.99. The van der Waals surface area contributed by atoms with Crippen LogP contribution < -0.4 is 0 Å². The van der Waals surface area contributed by atoms with E-state index in [4.69, 9.17) is 0 Å². The van der Waals surface area contributed by atoms with Gasteiger partial charge in [-0.2, -0.15) is 0 Å². The number of amides is 1. The lowest BCUT2D eigenvalue weighted by Gasteiger charge is -2.18. The topological polar surface area (TPSA) is 20.3 Å². The predicted molar refractivity (Wildman–Crippen MR) is 60.1 cm³/mol. The van der Waals surface area contributed by atoms with Crippen molar-refractivity contribution in [1.29, 1.82) is 0 Å². The SMILES string of the molecule is CC(C)CCC(=O)N(C)CC(C)Br. The molecule has 1 amide bonds. The summed E-state index contributed by atoms with van der Waals surface area (Å²) in [5.74, 6) is 0.860. The zero-order chi connectivity index (χ0) is 10.4. The van der Waals surface area contributed by atoms with Crippen molar-refractivity contribution in [3.05, 3.63) is 0 Å². The van der Waals surface area contributed by atoms with E-state index in [0.29, 0.717) is 17.2 Å². The van der Waals surface area contributed by atoms with E-state index < -0.39 is 0 Å². The van der Waals surface area contributed by atoms with Gasteiger partial charge in [-0.3, -0.25) is 4.79 Å². The van der Waals surface area contributed by atoms with E-state index in [0.717, 1.165) is 13.0 Å². The Hall–Kier alpha value is -0.0500. The number of carbonyl (C=O) groups is 1. The van der Waals surface area contributed by atoms with Crippen molar-refractivity contribution < 1.29 is 4.79 Å². The summed E-state index contributed by atoms with van der Waals surface area (Å²) >= 11 is 3.43. The summed E-state index contributed by atoms with van der Waals surface area (Å²) in [5.41, 5.74) is 0. The monoisotopic (exact) mass is 249 g/mol. The number of carbonyl (C=O) groups excluding carboxylic acids is 1. The third kappa shape index (κ3) is 7.05. The van der Waals surface area contributed by atoms with Crippen LogP contribution in [-0.4, -0.2) is 29.2 Å². The van der Waals surface area contributed by atoms with Crippen LogP contribution in [0, 0.1) is 5.92 Å². The molecule has 13 heavy (non-hydrogen) atoms. The highest BCUT2D eigenvalue weighted by atomic mass is 79.9. The number of nitrogens with zero attached hydrogens (tertiary/aromatic N) is 1. The fourth-order valence-electron chi connectivity index (χ4n) is 1.08. The van der Waals surface area contributed by atoms with Crippen LogP contribution >= 0.6 is 15.9 Å². The van der Waals surface area contributed by atoms with Gasteiger partial charge >= 0.3 is 0 Å². The number of halogens is 1. The van der Waals surface area contributed by atoms with Crippen molar-refractivity contribution in [3.8, 4) is 0 Å². The molecule has 2 nitrogen and oxygen atoms in total. The highest BCUT2D eigenvalue weighted by molar-refractivity contribution is 9.09. The van der Waals surface area contributed by atoms with E-state index in [2.05, 4.69) is 29.8 Å². The number of hydrogen-bond acceptors (Lipinski definition) is 1. The number of hydrogen-bond donors (Lipinski definition) is 0. The molecule has 0 aliphatic carbocycles. The Morgan fingerprint density at radius 2 is 1.92 bits per heavy atom. The Morgan fingerprint density at radius 1 is 1.38 bits per heavy atom. The van der Waals surface area contributed by atoms with Gasteiger partial charge in [0, 0.05) is 24.8 Å². The van der Waals surface area contributed by atoms with Gasteiger partial charge in [-0.1, -0.05) is 36.7 Å². The first-order chi connectivity index (χ1) is 5.93. The average Bonchev–Trinajstić information content (AvgIpc) is 1.98. The van der Waals surface area contributed by atoms with Gasteiger partial charge in [-0.15, -0.1) is 0 Å². The molecule has 0 N–H and O–H groups in total. The first-order valence-corrected chi connectivity index (χ1v) is 5.73. The van der Waals surface area contributed by atoms with Gasteiger partial charge in [0.2, 0.25) is 5.91 Å². The van der Waals surface area contributed by atoms with Gasteiger partial charge in [0.1, 0.15) is 0 Å². The molecule has 0 aromatic rings. The molecular formula is C10H20BrNO. The first-order valence-electron chi connectivity index (χ1n) is 4.81. The van der Waals surface area contributed by atoms with Crippen molar-refractivity contribution in [2.24, 2.45) is 5.92 Å². The summed E-state index contributed by atoms with van der Waals surface area (Å²) in [6.45, 7) is 7.12. The summed E-state index contributed by atoms with van der Waals surface area (Å²) in [6, 6.07) is 0. The zero-order valence-electron chi connectivity index (χ0n) is 9.01. The average molecular weight is 250 g/mol. The molecule has 0 heterocycles. The lowest BCUT2D eigenvalue weighted by Crippen LogP contribution is -2.31. The van der Waals surface area contributed by atoms with E-state index in [1.165, 1.54) is 0 Å². The minimum Gasteiger partial charge on any atom is -0.345 e. The second-order valence-corrected chi connectivity index (χ2v) is 5.55. The highest BCUT2D eigenvalue weighted by Gasteiger charge is 2.10. The van der Waals surface area contributed by atoms with Crippen LogP contribution in [0.3, 0.4) is 0 Å². The van der Waals surface area contributed by atoms with Gasteiger partial charge in [-0.05, 0) is 12.3 Å². The third-order valence-corrected chi connectivity index (χ3v) is 2.18. The van der Waals surface area contributed by atoms with Gasteiger partial charge in [0.25, 0.3) is 0 Å². The highest BCUT2D eigenvalue weighted by Crippen LogP contribution is 2.07. The number of alkyl halides is 1. The molecule has 0 aliphatic heterocycles. The molecule has 0 fully saturated rings. The van der Waals surface area contributed by atoms with E-state index in [1.54, 1.807) is 4.90 Å². The Balaban J connectivity index is 3.69. The Morgan fingerprint density at radius 3 is 2.31 bits per heavy atom. The molecule has 0 radical (unpaired) electrons. The van der Waals surface area contributed by atoms with Crippen molar-refractivity contribution in [3.63, 3.8) is 0 Å². The zero-order valence-corrected chi connectivity index (χ0v) is 10.6. The molecule has 0 aromatic heterocycles. The van der Waals surface area contributed by atoms with Crippen molar-refractivity contribution in [2.45, 2.75) is 38.4 Å². The van der Waals surface area contributed by atoms with Crippen molar-refractivity contribution in [2.75, 3.05) is 13.6 Å². The van der Waals surface area contributed by atoms with Crippen LogP contribution in [0.5, 0.6) is 0 Å². The summed E-state index contributed by atoms with van der Waals surface area (Å²) < 4.78 is 0. The van der Waals surface area contributed by atoms with Gasteiger partial charge in [0.15, 0.2) is 0 Å². The Kier molecular flexibility index (Phi) is 6.39. The third-order valence-electron chi connectivity index (χ3n) is 1.89. The standard InChI is InChI=1S/C10H20BrNO/c1-8(2)5-6-10(13)12(4)7-9(3)11/h8-9H,5-7H2,1-4H3. The van der Waals surface area contributed by atoms with Crippen LogP contribution in [-0.2, 0) is 4.79 Å². The van der Waals surface area contributed by atoms with E-state index in [-0.39, 0.29) is 5.91 Å². The maximum Gasteiger partial charge on any atom is 0.222 e. The normalized spacial score (nSPS) is 13.1. The molecule has 0 aromatic carbocycles. The van der Waals surface area contributed by atoms with Gasteiger partial charge < -0.3 is 4.90 Å². The molecule has 1 unspecified atom stereocenters. The summed E-state index contributed by atoms with van der Waals surface area (Å²) in [7, 11) is 1.86. The maximum atomic E-state index is 11.5. The molecule has 0 rings (SSSR count). The molecule has 0 saturated carbocycles. The minimum absolute atomic E-state index is 0.250. The molecule has 0 aliphatic rings. The summed E-state index contributed by atoms with van der Waals surface area (Å²) in [4.78, 5) is 13.7. The predicted octanol–water partition coefficient (Wildman–Crippen LogP) is 2.66. The Bertz CT molecular complexity index is 157. The number of rotatable bonds is 5. The molecule has 0 spiro atoms.